The number of hydrogen-bond donors (Lipinski definition) is 1. The van der Waals surface area contributed by atoms with Crippen LogP contribution in [0.4, 0.5) is 0 Å². The number of hydrogen-bond acceptors (Lipinski definition) is 7. The predicted octanol–water partition coefficient (Wildman–Crippen LogP) is 4.55. The van der Waals surface area contributed by atoms with Gasteiger partial charge in [0.05, 0.1) is 16.5 Å². The molecule has 0 saturated carbocycles. The maximum absolute atomic E-state index is 14.3. The Labute approximate surface area is 236 Å². The maximum atomic E-state index is 14.3. The molecule has 8 nitrogen and oxygen atoms in total. The number of carbonyl (C=O) groups excluding carboxylic acids is 1. The van der Waals surface area contributed by atoms with Crippen LogP contribution in [0.3, 0.4) is 0 Å². The average Bonchev–Trinajstić information content (AvgIpc) is 3.55. The summed E-state index contributed by atoms with van der Waals surface area (Å²) in [5.74, 6) is -0.301. The zero-order valence-corrected chi connectivity index (χ0v) is 25.1. The fraction of sp³-hybridized carbons (Fsp3) is 0.267. The zero-order valence-electron chi connectivity index (χ0n) is 23.3. The number of aromatic nitrogens is 3. The minimum atomic E-state index is -3.28. The van der Waals surface area contributed by atoms with Gasteiger partial charge in [0, 0.05) is 0 Å². The molecule has 0 aliphatic heterocycles. The van der Waals surface area contributed by atoms with Crippen molar-refractivity contribution in [3.05, 3.63) is 99.5 Å². The van der Waals surface area contributed by atoms with Crippen molar-refractivity contribution in [3.63, 3.8) is 0 Å². The third kappa shape index (κ3) is 4.27. The molecule has 0 aliphatic rings. The number of aryl methyl sites for hydroxylation is 1. The smallest absolute Gasteiger partial charge is 0.330 e. The highest BCUT2D eigenvalue weighted by Gasteiger charge is 2.55. The summed E-state index contributed by atoms with van der Waals surface area (Å²) in [6.07, 6.45) is 2.97. The number of thiophene rings is 1. The fourth-order valence-corrected chi connectivity index (χ4v) is 10.9. The van der Waals surface area contributed by atoms with Crippen molar-refractivity contribution in [2.24, 2.45) is 0 Å². The first-order valence-electron chi connectivity index (χ1n) is 12.9. The van der Waals surface area contributed by atoms with E-state index in [1.54, 1.807) is 20.8 Å². The minimum Gasteiger partial charge on any atom is -0.508 e. The highest BCUT2D eigenvalue weighted by Crippen LogP contribution is 2.38. The lowest BCUT2D eigenvalue weighted by molar-refractivity contribution is -0.144. The molecule has 0 bridgehead atoms. The monoisotopic (exact) mass is 573 g/mol. The highest BCUT2D eigenvalue weighted by molar-refractivity contribution is 7.22. The van der Waals surface area contributed by atoms with Crippen LogP contribution in [0.15, 0.2) is 87.1 Å². The molecule has 0 amide bonds. The van der Waals surface area contributed by atoms with Gasteiger partial charge in [-0.2, -0.15) is 0 Å². The van der Waals surface area contributed by atoms with Crippen LogP contribution in [0.2, 0.25) is 5.04 Å². The molecule has 40 heavy (non-hydrogen) atoms. The summed E-state index contributed by atoms with van der Waals surface area (Å²) in [5.41, 5.74) is -2.27. The molecule has 5 rings (SSSR count). The number of aromatic amines is 1. The number of fused-ring (bicyclic) bond motifs is 1. The second-order valence-electron chi connectivity index (χ2n) is 11.3. The second-order valence-corrected chi connectivity index (χ2v) is 16.5. The van der Waals surface area contributed by atoms with Crippen LogP contribution >= 0.6 is 11.3 Å². The molecular weight excluding hydrogens is 542 g/mol. The standard InChI is InChI=1S/C30H31N3O5SSi/c1-19-22-25(39-23(19)24-31-17-18-37-24)32-28(36)33(26(22)34)30(5,6)27(35)38-40(29(2,3)4,20-13-9-7-10-14-20)21-15-11-8-12-16-21/h7-18H,1-6H3,(H,32,36). The Balaban J connectivity index is 1.68. The summed E-state index contributed by atoms with van der Waals surface area (Å²) in [5, 5.41) is 1.67. The third-order valence-corrected chi connectivity index (χ3v) is 13.4. The van der Waals surface area contributed by atoms with Crippen LogP contribution in [0, 0.1) is 6.92 Å². The van der Waals surface area contributed by atoms with Crippen LogP contribution in [-0.4, -0.2) is 28.8 Å². The number of benzene rings is 2. The summed E-state index contributed by atoms with van der Waals surface area (Å²) in [6.45, 7) is 11.0. The van der Waals surface area contributed by atoms with Gasteiger partial charge in [0.15, 0.2) is 0 Å². The molecule has 10 heteroatoms. The van der Waals surface area contributed by atoms with Gasteiger partial charge in [0.25, 0.3) is 5.56 Å². The van der Waals surface area contributed by atoms with Crippen LogP contribution in [0.5, 0.6) is 0 Å². The molecule has 0 spiro atoms. The third-order valence-electron chi connectivity index (χ3n) is 7.34. The summed E-state index contributed by atoms with van der Waals surface area (Å²) in [7, 11) is -3.28. The van der Waals surface area contributed by atoms with Crippen LogP contribution in [0.25, 0.3) is 21.0 Å². The highest BCUT2D eigenvalue weighted by atomic mass is 32.1. The van der Waals surface area contributed by atoms with E-state index in [-0.39, 0.29) is 0 Å². The number of H-pyrrole nitrogens is 1. The Kier molecular flexibility index (Phi) is 6.79. The van der Waals surface area contributed by atoms with Gasteiger partial charge >= 0.3 is 20.0 Å². The Morgan fingerprint density at radius 2 is 1.55 bits per heavy atom. The van der Waals surface area contributed by atoms with Crippen molar-refractivity contribution in [3.8, 4) is 10.8 Å². The molecule has 0 saturated heterocycles. The van der Waals surface area contributed by atoms with Crippen molar-refractivity contribution in [2.75, 3.05) is 0 Å². The van der Waals surface area contributed by atoms with E-state index >= 15 is 0 Å². The lowest BCUT2D eigenvalue weighted by Gasteiger charge is -2.43. The van der Waals surface area contributed by atoms with Gasteiger partial charge in [-0.3, -0.25) is 14.6 Å². The van der Waals surface area contributed by atoms with Crippen LogP contribution < -0.4 is 21.6 Å². The van der Waals surface area contributed by atoms with E-state index in [1.165, 1.54) is 23.8 Å². The Bertz CT molecular complexity index is 1760. The van der Waals surface area contributed by atoms with E-state index in [2.05, 4.69) is 30.7 Å². The van der Waals surface area contributed by atoms with E-state index in [0.29, 0.717) is 26.5 Å². The second kappa shape index (κ2) is 9.87. The molecule has 0 radical (unpaired) electrons. The molecule has 0 unspecified atom stereocenters. The first-order valence-corrected chi connectivity index (χ1v) is 15.7. The zero-order chi connectivity index (χ0) is 28.9. The van der Waals surface area contributed by atoms with Gasteiger partial charge < -0.3 is 8.84 Å². The summed E-state index contributed by atoms with van der Waals surface area (Å²) in [6, 6.07) is 19.5. The van der Waals surface area contributed by atoms with Gasteiger partial charge in [0.1, 0.15) is 16.6 Å². The summed E-state index contributed by atoms with van der Waals surface area (Å²) < 4.78 is 13.1. The lowest BCUT2D eigenvalue weighted by atomic mass is 10.1. The Hall–Kier alpha value is -4.02. The number of rotatable bonds is 6. The van der Waals surface area contributed by atoms with E-state index in [4.69, 9.17) is 8.84 Å². The number of carbonyl (C=O) groups is 1. The molecule has 0 atom stereocenters. The van der Waals surface area contributed by atoms with E-state index in [9.17, 15) is 14.4 Å². The summed E-state index contributed by atoms with van der Waals surface area (Å²) >= 11 is 1.21. The minimum absolute atomic E-state index is 0.309. The Morgan fingerprint density at radius 1 is 0.975 bits per heavy atom. The van der Waals surface area contributed by atoms with Gasteiger partial charge in [0.2, 0.25) is 5.89 Å². The van der Waals surface area contributed by atoms with Gasteiger partial charge in [-0.1, -0.05) is 81.4 Å². The maximum Gasteiger partial charge on any atom is 0.330 e. The van der Waals surface area contributed by atoms with E-state index in [1.807, 2.05) is 60.7 Å². The first kappa shape index (κ1) is 27.5. The lowest BCUT2D eigenvalue weighted by Crippen LogP contribution is -2.69. The molecule has 3 aromatic heterocycles. The van der Waals surface area contributed by atoms with E-state index < -0.39 is 36.1 Å². The molecule has 0 aliphatic carbocycles. The topological polar surface area (TPSA) is 107 Å². The van der Waals surface area contributed by atoms with Crippen LogP contribution in [0.1, 0.15) is 40.2 Å². The predicted molar refractivity (Wildman–Crippen MR) is 160 cm³/mol. The normalized spacial score (nSPS) is 12.6. The average molecular weight is 574 g/mol. The number of nitrogens with one attached hydrogen (secondary N) is 1. The SMILES string of the molecule is Cc1c(-c2ncco2)sc2[nH]c(=O)n(C(C)(C)C(=O)O[Si](c3ccccc3)(c3ccccc3)C(C)(C)C)c(=O)c12. The molecule has 0 fully saturated rings. The van der Waals surface area contributed by atoms with Crippen LogP contribution in [-0.2, 0) is 14.8 Å². The number of oxazole rings is 1. The van der Waals surface area contributed by atoms with Crippen molar-refractivity contribution < 1.29 is 13.6 Å². The van der Waals surface area contributed by atoms with Crippen molar-refractivity contribution in [1.82, 2.24) is 14.5 Å². The molecule has 3 heterocycles. The van der Waals surface area contributed by atoms with Gasteiger partial charge in [-0.25, -0.2) is 14.3 Å². The quantitative estimate of drug-likeness (QED) is 0.299. The largest absolute Gasteiger partial charge is 0.508 e. The van der Waals surface area contributed by atoms with Gasteiger partial charge in [-0.05, 0) is 41.7 Å². The fourth-order valence-electron chi connectivity index (χ4n) is 5.27. The molecule has 5 aromatic rings. The summed E-state index contributed by atoms with van der Waals surface area (Å²) in [4.78, 5) is 49.6. The first-order chi connectivity index (χ1) is 18.9. The van der Waals surface area contributed by atoms with E-state index in [0.717, 1.165) is 14.9 Å². The van der Waals surface area contributed by atoms with Crippen molar-refractivity contribution in [2.45, 2.75) is 52.1 Å². The van der Waals surface area contributed by atoms with Crippen molar-refractivity contribution >= 4 is 46.2 Å². The van der Waals surface area contributed by atoms with Crippen molar-refractivity contribution in [1.29, 1.82) is 0 Å². The molecule has 2 aromatic carbocycles. The Morgan fingerprint density at radius 3 is 2.05 bits per heavy atom. The molecule has 206 valence electrons. The number of nitrogens with zero attached hydrogens (tertiary/aromatic N) is 2. The molecule has 1 N–H and O–H groups in total. The molecular formula is C30H31N3O5SSi. The van der Waals surface area contributed by atoms with Gasteiger partial charge in [-0.15, -0.1) is 11.3 Å².